The maximum absolute atomic E-state index is 12.4. The highest BCUT2D eigenvalue weighted by molar-refractivity contribution is 7.93. The van der Waals surface area contributed by atoms with Gasteiger partial charge in [0.25, 0.3) is 0 Å². The number of benzene rings is 2. The second kappa shape index (κ2) is 8.68. The Hall–Kier alpha value is -2.87. The average Bonchev–Trinajstić information content (AvgIpc) is 2.65. The number of phenolic OH excluding ortho intramolecular Hbond substituents is 1. The standard InChI is InChI=1S/C19H22O7S/c1-23-16-6-5-14(9-15(16)20)12-27(21,22)8-7-13-10-17(24-2)19(26-4)18(11-13)25-3/h5-11,20H,12H2,1-4H3/b8-7+. The zero-order valence-electron chi connectivity index (χ0n) is 15.6. The molecule has 0 aliphatic carbocycles. The van der Waals surface area contributed by atoms with Gasteiger partial charge in [0, 0.05) is 5.41 Å². The highest BCUT2D eigenvalue weighted by Crippen LogP contribution is 2.38. The fourth-order valence-corrected chi connectivity index (χ4v) is 3.59. The molecule has 0 spiro atoms. The SMILES string of the molecule is COc1ccc(CS(=O)(=O)/C=C/c2cc(OC)c(OC)c(OC)c2)cc1O. The normalized spacial score (nSPS) is 11.4. The molecule has 0 amide bonds. The first-order chi connectivity index (χ1) is 12.8. The Morgan fingerprint density at radius 1 is 0.889 bits per heavy atom. The monoisotopic (exact) mass is 394 g/mol. The molecule has 0 unspecified atom stereocenters. The van der Waals surface area contributed by atoms with Crippen molar-refractivity contribution in [3.63, 3.8) is 0 Å². The number of hydrogen-bond donors (Lipinski definition) is 1. The Morgan fingerprint density at radius 2 is 1.48 bits per heavy atom. The van der Waals surface area contributed by atoms with E-state index in [9.17, 15) is 13.5 Å². The van der Waals surface area contributed by atoms with Gasteiger partial charge in [-0.05, 0) is 41.5 Å². The molecule has 0 bridgehead atoms. The van der Waals surface area contributed by atoms with E-state index in [-0.39, 0.29) is 17.3 Å². The molecule has 1 N–H and O–H groups in total. The molecule has 0 fully saturated rings. The van der Waals surface area contributed by atoms with Crippen LogP contribution in [0.1, 0.15) is 11.1 Å². The number of rotatable bonds is 8. The van der Waals surface area contributed by atoms with Crippen LogP contribution in [0.15, 0.2) is 35.7 Å². The van der Waals surface area contributed by atoms with Crippen molar-refractivity contribution in [2.45, 2.75) is 5.75 Å². The fourth-order valence-electron chi connectivity index (χ4n) is 2.49. The van der Waals surface area contributed by atoms with Gasteiger partial charge in [-0.2, -0.15) is 0 Å². The molecule has 0 aromatic heterocycles. The minimum atomic E-state index is -3.57. The van der Waals surface area contributed by atoms with Crippen molar-refractivity contribution in [3.8, 4) is 28.7 Å². The van der Waals surface area contributed by atoms with Gasteiger partial charge in [-0.15, -0.1) is 0 Å². The van der Waals surface area contributed by atoms with E-state index in [4.69, 9.17) is 18.9 Å². The molecule has 27 heavy (non-hydrogen) atoms. The predicted octanol–water partition coefficient (Wildman–Crippen LogP) is 3.01. The maximum Gasteiger partial charge on any atom is 0.203 e. The summed E-state index contributed by atoms with van der Waals surface area (Å²) in [5.74, 6) is 1.19. The Labute approximate surface area is 158 Å². The summed E-state index contributed by atoms with van der Waals surface area (Å²) in [6.45, 7) is 0. The Balaban J connectivity index is 2.27. The quantitative estimate of drug-likeness (QED) is 0.736. The van der Waals surface area contributed by atoms with Crippen molar-refractivity contribution in [1.82, 2.24) is 0 Å². The zero-order valence-corrected chi connectivity index (χ0v) is 16.4. The lowest BCUT2D eigenvalue weighted by atomic mass is 10.2. The highest BCUT2D eigenvalue weighted by Gasteiger charge is 2.14. The second-order valence-corrected chi connectivity index (χ2v) is 7.46. The minimum absolute atomic E-state index is 0.112. The van der Waals surface area contributed by atoms with Gasteiger partial charge in [-0.3, -0.25) is 0 Å². The van der Waals surface area contributed by atoms with Gasteiger partial charge in [-0.25, -0.2) is 8.42 Å². The average molecular weight is 394 g/mol. The molecular weight excluding hydrogens is 372 g/mol. The summed E-state index contributed by atoms with van der Waals surface area (Å²) in [6.07, 6.45) is 1.45. The molecule has 0 saturated carbocycles. The molecule has 0 aliphatic heterocycles. The van der Waals surface area contributed by atoms with Crippen LogP contribution in [0.4, 0.5) is 0 Å². The number of phenols is 1. The van der Waals surface area contributed by atoms with Crippen LogP contribution in [0.2, 0.25) is 0 Å². The van der Waals surface area contributed by atoms with E-state index in [1.807, 2.05) is 0 Å². The van der Waals surface area contributed by atoms with Crippen molar-refractivity contribution in [2.24, 2.45) is 0 Å². The van der Waals surface area contributed by atoms with E-state index >= 15 is 0 Å². The molecule has 2 aromatic rings. The van der Waals surface area contributed by atoms with Crippen LogP contribution in [-0.2, 0) is 15.6 Å². The smallest absolute Gasteiger partial charge is 0.203 e. The molecule has 0 atom stereocenters. The molecule has 8 heteroatoms. The van der Waals surface area contributed by atoms with Crippen LogP contribution >= 0.6 is 0 Å². The van der Waals surface area contributed by atoms with Crippen molar-refractivity contribution in [2.75, 3.05) is 28.4 Å². The summed E-state index contributed by atoms with van der Waals surface area (Å²) < 4.78 is 45.5. The third-order valence-electron chi connectivity index (χ3n) is 3.77. The second-order valence-electron chi connectivity index (χ2n) is 5.57. The first kappa shape index (κ1) is 20.4. The fraction of sp³-hybridized carbons (Fsp3) is 0.263. The van der Waals surface area contributed by atoms with Crippen molar-refractivity contribution >= 4 is 15.9 Å². The topological polar surface area (TPSA) is 91.3 Å². The number of ether oxygens (including phenoxy) is 4. The Bertz CT molecular complexity index is 908. The third-order valence-corrected chi connectivity index (χ3v) is 5.05. The molecule has 146 valence electrons. The summed E-state index contributed by atoms with van der Waals surface area (Å²) in [6, 6.07) is 7.76. The van der Waals surface area contributed by atoms with Crippen LogP contribution in [-0.4, -0.2) is 42.0 Å². The molecule has 2 aromatic carbocycles. The van der Waals surface area contributed by atoms with Gasteiger partial charge in [0.05, 0.1) is 34.2 Å². The summed E-state index contributed by atoms with van der Waals surface area (Å²) in [5.41, 5.74) is 1.02. The summed E-state index contributed by atoms with van der Waals surface area (Å²) in [4.78, 5) is 0. The number of hydrogen-bond acceptors (Lipinski definition) is 7. The largest absolute Gasteiger partial charge is 0.504 e. The van der Waals surface area contributed by atoms with Gasteiger partial charge < -0.3 is 24.1 Å². The van der Waals surface area contributed by atoms with Gasteiger partial charge in [0.2, 0.25) is 5.75 Å². The van der Waals surface area contributed by atoms with E-state index in [1.54, 1.807) is 18.2 Å². The van der Waals surface area contributed by atoms with Crippen molar-refractivity contribution < 1.29 is 32.5 Å². The molecular formula is C19H22O7S. The van der Waals surface area contributed by atoms with Crippen LogP contribution in [0.3, 0.4) is 0 Å². The van der Waals surface area contributed by atoms with E-state index < -0.39 is 9.84 Å². The lowest BCUT2D eigenvalue weighted by Gasteiger charge is -2.12. The number of sulfone groups is 1. The Morgan fingerprint density at radius 3 is 1.96 bits per heavy atom. The molecule has 0 aliphatic rings. The number of methoxy groups -OCH3 is 4. The molecule has 0 heterocycles. The minimum Gasteiger partial charge on any atom is -0.504 e. The van der Waals surface area contributed by atoms with Gasteiger partial charge in [0.1, 0.15) is 0 Å². The molecule has 0 radical (unpaired) electrons. The zero-order chi connectivity index (χ0) is 20.0. The van der Waals surface area contributed by atoms with E-state index in [0.29, 0.717) is 28.4 Å². The van der Waals surface area contributed by atoms with Gasteiger partial charge >= 0.3 is 0 Å². The summed E-state index contributed by atoms with van der Waals surface area (Å²) in [7, 11) is 2.31. The first-order valence-corrected chi connectivity index (χ1v) is 9.61. The van der Waals surface area contributed by atoms with Crippen LogP contribution in [0.5, 0.6) is 28.7 Å². The van der Waals surface area contributed by atoms with E-state index in [0.717, 1.165) is 5.41 Å². The first-order valence-electron chi connectivity index (χ1n) is 7.90. The lowest BCUT2D eigenvalue weighted by molar-refractivity contribution is 0.324. The third kappa shape index (κ3) is 5.07. The Kier molecular flexibility index (Phi) is 6.57. The van der Waals surface area contributed by atoms with E-state index in [2.05, 4.69) is 0 Å². The van der Waals surface area contributed by atoms with Crippen LogP contribution in [0.25, 0.3) is 6.08 Å². The highest BCUT2D eigenvalue weighted by atomic mass is 32.2. The van der Waals surface area contributed by atoms with Crippen LogP contribution < -0.4 is 18.9 Å². The van der Waals surface area contributed by atoms with Gasteiger partial charge in [0.15, 0.2) is 32.8 Å². The van der Waals surface area contributed by atoms with Gasteiger partial charge in [-0.1, -0.05) is 6.07 Å². The molecule has 7 nitrogen and oxygen atoms in total. The van der Waals surface area contributed by atoms with Crippen molar-refractivity contribution in [1.29, 1.82) is 0 Å². The maximum atomic E-state index is 12.4. The van der Waals surface area contributed by atoms with Crippen LogP contribution in [0, 0.1) is 0 Å². The summed E-state index contributed by atoms with van der Waals surface area (Å²) in [5, 5.41) is 10.9. The molecule has 0 saturated heterocycles. The summed E-state index contributed by atoms with van der Waals surface area (Å²) >= 11 is 0. The van der Waals surface area contributed by atoms with Crippen molar-refractivity contribution in [3.05, 3.63) is 46.9 Å². The molecule has 2 rings (SSSR count). The van der Waals surface area contributed by atoms with E-state index in [1.165, 1.54) is 46.6 Å². The number of aromatic hydroxyl groups is 1. The lowest BCUT2D eigenvalue weighted by Crippen LogP contribution is -2.00. The predicted molar refractivity (Wildman–Crippen MR) is 102 cm³/mol.